The summed E-state index contributed by atoms with van der Waals surface area (Å²) in [5.41, 5.74) is 0. The molecule has 0 amide bonds. The number of hydrogen-bond acceptors (Lipinski definition) is 3. The smallest absolute Gasteiger partial charge is 0.219 e. The molecular formula is C10H9FO2S. The van der Waals surface area contributed by atoms with Gasteiger partial charge in [-0.05, 0) is 18.2 Å². The Balaban J connectivity index is 2.71. The molecule has 1 heterocycles. The molecule has 2 nitrogen and oxygen atoms in total. The van der Waals surface area contributed by atoms with E-state index in [0.29, 0.717) is 11.5 Å². The van der Waals surface area contributed by atoms with Crippen molar-refractivity contribution in [3.8, 4) is 11.5 Å². The highest BCUT2D eigenvalue weighted by Crippen LogP contribution is 2.37. The van der Waals surface area contributed by atoms with Crippen LogP contribution in [0.5, 0.6) is 11.5 Å². The van der Waals surface area contributed by atoms with E-state index in [1.165, 1.54) is 7.11 Å². The molecule has 0 fully saturated rings. The highest BCUT2D eigenvalue weighted by atomic mass is 32.1. The van der Waals surface area contributed by atoms with Crippen molar-refractivity contribution in [2.75, 3.05) is 14.2 Å². The Morgan fingerprint density at radius 1 is 1.21 bits per heavy atom. The van der Waals surface area contributed by atoms with Crippen molar-refractivity contribution >= 4 is 21.4 Å². The quantitative estimate of drug-likeness (QED) is 0.761. The fourth-order valence-electron chi connectivity index (χ4n) is 1.34. The topological polar surface area (TPSA) is 18.5 Å². The monoisotopic (exact) mass is 212 g/mol. The van der Waals surface area contributed by atoms with Gasteiger partial charge in [0, 0.05) is 10.1 Å². The molecule has 2 aromatic rings. The maximum Gasteiger partial charge on any atom is 0.219 e. The van der Waals surface area contributed by atoms with Crippen LogP contribution < -0.4 is 9.47 Å². The van der Waals surface area contributed by atoms with E-state index in [0.717, 1.165) is 21.4 Å². The van der Waals surface area contributed by atoms with Crippen molar-refractivity contribution in [3.05, 3.63) is 23.3 Å². The Labute approximate surface area is 84.9 Å². The van der Waals surface area contributed by atoms with E-state index in [1.807, 2.05) is 6.07 Å². The number of fused-ring (bicyclic) bond motifs is 1. The molecule has 0 aliphatic rings. The molecule has 0 radical (unpaired) electrons. The van der Waals surface area contributed by atoms with Crippen LogP contribution in [0.3, 0.4) is 0 Å². The fraction of sp³-hybridized carbons (Fsp3) is 0.200. The molecule has 1 aromatic heterocycles. The average molecular weight is 212 g/mol. The van der Waals surface area contributed by atoms with E-state index in [9.17, 15) is 4.39 Å². The van der Waals surface area contributed by atoms with Crippen molar-refractivity contribution in [3.63, 3.8) is 0 Å². The minimum atomic E-state index is -0.296. The molecule has 0 aliphatic carbocycles. The van der Waals surface area contributed by atoms with Crippen LogP contribution in [0.25, 0.3) is 10.1 Å². The molecule has 2 rings (SSSR count). The number of thiophene rings is 1. The number of rotatable bonds is 2. The molecule has 74 valence electrons. The standard InChI is InChI=1S/C10H9FO2S/c1-12-6-3-4-8-7(5-6)9(13-2)10(11)14-8/h3-5H,1-2H3. The van der Waals surface area contributed by atoms with E-state index in [-0.39, 0.29) is 5.13 Å². The predicted molar refractivity (Wildman–Crippen MR) is 54.9 cm³/mol. The molecular weight excluding hydrogens is 203 g/mol. The number of methoxy groups -OCH3 is 2. The largest absolute Gasteiger partial charge is 0.497 e. The summed E-state index contributed by atoms with van der Waals surface area (Å²) in [6, 6.07) is 5.40. The molecule has 0 N–H and O–H groups in total. The van der Waals surface area contributed by atoms with E-state index in [4.69, 9.17) is 9.47 Å². The zero-order valence-corrected chi connectivity index (χ0v) is 8.65. The van der Waals surface area contributed by atoms with Gasteiger partial charge >= 0.3 is 0 Å². The maximum absolute atomic E-state index is 13.3. The second kappa shape index (κ2) is 3.46. The fourth-order valence-corrected chi connectivity index (χ4v) is 2.22. The van der Waals surface area contributed by atoms with Crippen LogP contribution in [0.15, 0.2) is 18.2 Å². The van der Waals surface area contributed by atoms with Gasteiger partial charge in [-0.2, -0.15) is 4.39 Å². The van der Waals surface area contributed by atoms with Gasteiger partial charge in [0.15, 0.2) is 5.75 Å². The second-order valence-electron chi connectivity index (χ2n) is 2.77. The zero-order chi connectivity index (χ0) is 10.1. The van der Waals surface area contributed by atoms with Crippen LogP contribution in [0.2, 0.25) is 0 Å². The first-order valence-electron chi connectivity index (χ1n) is 4.06. The first-order valence-corrected chi connectivity index (χ1v) is 4.88. The normalized spacial score (nSPS) is 10.5. The van der Waals surface area contributed by atoms with E-state index in [2.05, 4.69) is 0 Å². The SMILES string of the molecule is COc1ccc2sc(F)c(OC)c2c1. The third-order valence-corrected chi connectivity index (χ3v) is 2.95. The van der Waals surface area contributed by atoms with Crippen molar-refractivity contribution in [2.24, 2.45) is 0 Å². The highest BCUT2D eigenvalue weighted by molar-refractivity contribution is 7.17. The van der Waals surface area contributed by atoms with Crippen LogP contribution in [-0.4, -0.2) is 14.2 Å². The van der Waals surface area contributed by atoms with E-state index >= 15 is 0 Å². The van der Waals surface area contributed by atoms with Crippen LogP contribution in [0.4, 0.5) is 4.39 Å². The van der Waals surface area contributed by atoms with Gasteiger partial charge in [-0.25, -0.2) is 0 Å². The Hall–Kier alpha value is -1.29. The van der Waals surface area contributed by atoms with Crippen molar-refractivity contribution in [1.82, 2.24) is 0 Å². The van der Waals surface area contributed by atoms with Gasteiger partial charge in [0.05, 0.1) is 14.2 Å². The van der Waals surface area contributed by atoms with Gasteiger partial charge in [-0.3, -0.25) is 0 Å². The highest BCUT2D eigenvalue weighted by Gasteiger charge is 2.12. The lowest BCUT2D eigenvalue weighted by Gasteiger charge is -2.00. The molecule has 1 aromatic carbocycles. The summed E-state index contributed by atoms with van der Waals surface area (Å²) in [5.74, 6) is 0.998. The van der Waals surface area contributed by atoms with Gasteiger partial charge in [0.2, 0.25) is 5.13 Å². The first-order chi connectivity index (χ1) is 6.76. The van der Waals surface area contributed by atoms with E-state index < -0.39 is 0 Å². The summed E-state index contributed by atoms with van der Waals surface area (Å²) in [6.07, 6.45) is 0. The molecule has 14 heavy (non-hydrogen) atoms. The van der Waals surface area contributed by atoms with Crippen molar-refractivity contribution < 1.29 is 13.9 Å². The summed E-state index contributed by atoms with van der Waals surface area (Å²) in [7, 11) is 3.04. The van der Waals surface area contributed by atoms with Gasteiger partial charge in [-0.15, -0.1) is 11.3 Å². The lowest BCUT2D eigenvalue weighted by atomic mass is 10.2. The van der Waals surface area contributed by atoms with Gasteiger partial charge in [0.25, 0.3) is 0 Å². The Bertz CT molecular complexity index is 464. The van der Waals surface area contributed by atoms with Crippen molar-refractivity contribution in [2.45, 2.75) is 0 Å². The van der Waals surface area contributed by atoms with Gasteiger partial charge in [0.1, 0.15) is 5.75 Å². The minimum Gasteiger partial charge on any atom is -0.497 e. The Morgan fingerprint density at radius 3 is 2.64 bits per heavy atom. The van der Waals surface area contributed by atoms with Crippen molar-refractivity contribution in [1.29, 1.82) is 0 Å². The third-order valence-electron chi connectivity index (χ3n) is 2.01. The lowest BCUT2D eigenvalue weighted by Crippen LogP contribution is -1.84. The predicted octanol–water partition coefficient (Wildman–Crippen LogP) is 3.06. The molecule has 0 spiro atoms. The second-order valence-corrected chi connectivity index (χ2v) is 3.77. The summed E-state index contributed by atoms with van der Waals surface area (Å²) < 4.78 is 24.2. The van der Waals surface area contributed by atoms with Crippen LogP contribution in [0.1, 0.15) is 0 Å². The molecule has 4 heteroatoms. The summed E-state index contributed by atoms with van der Waals surface area (Å²) in [4.78, 5) is 0. The number of hydrogen-bond donors (Lipinski definition) is 0. The number of ether oxygens (including phenoxy) is 2. The molecule has 0 saturated heterocycles. The summed E-state index contributed by atoms with van der Waals surface area (Å²) in [6.45, 7) is 0. The van der Waals surface area contributed by atoms with Gasteiger partial charge < -0.3 is 9.47 Å². The first kappa shape index (κ1) is 9.27. The Kier molecular flexibility index (Phi) is 2.29. The molecule has 0 aliphatic heterocycles. The van der Waals surface area contributed by atoms with E-state index in [1.54, 1.807) is 19.2 Å². The summed E-state index contributed by atoms with van der Waals surface area (Å²) in [5, 5.41) is 0.463. The lowest BCUT2D eigenvalue weighted by molar-refractivity contribution is 0.397. The number of halogens is 1. The zero-order valence-electron chi connectivity index (χ0n) is 7.83. The molecule has 0 saturated carbocycles. The molecule has 0 bridgehead atoms. The number of benzene rings is 1. The molecule has 0 atom stereocenters. The third kappa shape index (κ3) is 1.32. The van der Waals surface area contributed by atoms with Crippen LogP contribution in [0, 0.1) is 5.13 Å². The maximum atomic E-state index is 13.3. The Morgan fingerprint density at radius 2 is 2.00 bits per heavy atom. The van der Waals surface area contributed by atoms with Crippen LogP contribution in [-0.2, 0) is 0 Å². The molecule has 0 unspecified atom stereocenters. The average Bonchev–Trinajstić information content (AvgIpc) is 2.52. The van der Waals surface area contributed by atoms with Crippen LogP contribution >= 0.6 is 11.3 Å². The van der Waals surface area contributed by atoms with Gasteiger partial charge in [-0.1, -0.05) is 0 Å². The summed E-state index contributed by atoms with van der Waals surface area (Å²) >= 11 is 1.08. The minimum absolute atomic E-state index is 0.295.